The molecule has 0 amide bonds. The van der Waals surface area contributed by atoms with E-state index in [1.54, 1.807) is 13.2 Å². The second kappa shape index (κ2) is 5.98. The number of hydrogen-bond acceptors (Lipinski definition) is 2. The molecule has 0 aliphatic heterocycles. The van der Waals surface area contributed by atoms with Crippen LogP contribution < -0.4 is 4.74 Å². The van der Waals surface area contributed by atoms with Gasteiger partial charge in [-0.15, -0.1) is 0 Å². The molecule has 0 saturated heterocycles. The predicted molar refractivity (Wildman–Crippen MR) is 98.5 cm³/mol. The highest BCUT2D eigenvalue weighted by atomic mass is 16.5. The van der Waals surface area contributed by atoms with Crippen LogP contribution in [-0.2, 0) is 6.54 Å². The molecule has 1 N–H and O–H groups in total. The molecule has 0 saturated carbocycles. The number of fused-ring (bicyclic) bond motifs is 2. The summed E-state index contributed by atoms with van der Waals surface area (Å²) in [6.07, 6.45) is 0. The molecular weight excluding hydrogens is 314 g/mol. The van der Waals surface area contributed by atoms with Crippen molar-refractivity contribution in [2.75, 3.05) is 7.11 Å². The maximum absolute atomic E-state index is 11.8. The van der Waals surface area contributed by atoms with Gasteiger partial charge in [0.25, 0.3) is 0 Å². The summed E-state index contributed by atoms with van der Waals surface area (Å²) in [4.78, 5) is 11.8. The fourth-order valence-corrected chi connectivity index (χ4v) is 3.38. The molecule has 1 aromatic heterocycles. The van der Waals surface area contributed by atoms with E-state index in [1.807, 2.05) is 47.0 Å². The number of methoxy groups -OCH3 is 1. The Labute approximate surface area is 144 Å². The van der Waals surface area contributed by atoms with E-state index in [4.69, 9.17) is 4.74 Å². The molecule has 4 rings (SSSR count). The summed E-state index contributed by atoms with van der Waals surface area (Å²) in [5, 5.41) is 12.7. The number of hydrogen-bond donors (Lipinski definition) is 1. The molecule has 4 heteroatoms. The van der Waals surface area contributed by atoms with Crippen molar-refractivity contribution in [1.29, 1.82) is 0 Å². The van der Waals surface area contributed by atoms with Gasteiger partial charge in [-0.3, -0.25) is 0 Å². The van der Waals surface area contributed by atoms with Crippen LogP contribution >= 0.6 is 0 Å². The third-order valence-electron chi connectivity index (χ3n) is 4.55. The summed E-state index contributed by atoms with van der Waals surface area (Å²) >= 11 is 0. The van der Waals surface area contributed by atoms with Gasteiger partial charge in [0, 0.05) is 11.9 Å². The Hall–Kier alpha value is -3.27. The first-order valence-corrected chi connectivity index (χ1v) is 8.05. The summed E-state index contributed by atoms with van der Waals surface area (Å²) in [6, 6.07) is 21.6. The first-order valence-electron chi connectivity index (χ1n) is 8.05. The average molecular weight is 331 g/mol. The van der Waals surface area contributed by atoms with Gasteiger partial charge in [0.1, 0.15) is 11.4 Å². The number of carboxylic acid groups (broad SMARTS) is 1. The van der Waals surface area contributed by atoms with E-state index in [-0.39, 0.29) is 5.69 Å². The Balaban J connectivity index is 1.94. The number of aromatic carboxylic acids is 1. The van der Waals surface area contributed by atoms with Gasteiger partial charge in [0.15, 0.2) is 0 Å². The zero-order valence-electron chi connectivity index (χ0n) is 13.8. The van der Waals surface area contributed by atoms with Crippen molar-refractivity contribution < 1.29 is 14.6 Å². The first kappa shape index (κ1) is 15.3. The lowest BCUT2D eigenvalue weighted by Crippen LogP contribution is -2.09. The maximum Gasteiger partial charge on any atom is 0.352 e. The number of aromatic nitrogens is 1. The molecule has 1 heterocycles. The SMILES string of the molecule is COc1cccc2c1cc(C(=O)O)n2Cc1cccc2ccccc12. The number of carboxylic acids is 1. The van der Waals surface area contributed by atoms with Gasteiger partial charge in [-0.05, 0) is 34.5 Å². The van der Waals surface area contributed by atoms with Crippen molar-refractivity contribution in [3.8, 4) is 5.75 Å². The lowest BCUT2D eigenvalue weighted by Gasteiger charge is -2.11. The third-order valence-corrected chi connectivity index (χ3v) is 4.55. The third kappa shape index (κ3) is 2.52. The highest BCUT2D eigenvalue weighted by Gasteiger charge is 2.17. The minimum Gasteiger partial charge on any atom is -0.496 e. The van der Waals surface area contributed by atoms with Crippen molar-refractivity contribution in [3.05, 3.63) is 78.0 Å². The van der Waals surface area contributed by atoms with E-state index < -0.39 is 5.97 Å². The van der Waals surface area contributed by atoms with Crippen LogP contribution in [0.3, 0.4) is 0 Å². The fourth-order valence-electron chi connectivity index (χ4n) is 3.38. The monoisotopic (exact) mass is 331 g/mol. The van der Waals surface area contributed by atoms with Crippen LogP contribution in [0.1, 0.15) is 16.1 Å². The predicted octanol–water partition coefficient (Wildman–Crippen LogP) is 4.55. The zero-order valence-corrected chi connectivity index (χ0v) is 13.8. The number of rotatable bonds is 4. The highest BCUT2D eigenvalue weighted by Crippen LogP contribution is 2.30. The van der Waals surface area contributed by atoms with E-state index in [1.165, 1.54) is 0 Å². The summed E-state index contributed by atoms with van der Waals surface area (Å²) in [7, 11) is 1.59. The Morgan fingerprint density at radius 2 is 1.76 bits per heavy atom. The molecule has 0 aliphatic rings. The van der Waals surface area contributed by atoms with Crippen LogP contribution in [0.4, 0.5) is 0 Å². The smallest absolute Gasteiger partial charge is 0.352 e. The molecule has 0 unspecified atom stereocenters. The van der Waals surface area contributed by atoms with Crippen molar-refractivity contribution in [2.45, 2.75) is 6.54 Å². The second-order valence-electron chi connectivity index (χ2n) is 5.95. The number of nitrogens with zero attached hydrogens (tertiary/aromatic N) is 1. The lowest BCUT2D eigenvalue weighted by atomic mass is 10.0. The van der Waals surface area contributed by atoms with Gasteiger partial charge in [-0.2, -0.15) is 0 Å². The highest BCUT2D eigenvalue weighted by molar-refractivity contribution is 5.97. The number of carbonyl (C=O) groups is 1. The summed E-state index contributed by atoms with van der Waals surface area (Å²) < 4.78 is 7.22. The first-order chi connectivity index (χ1) is 12.2. The van der Waals surface area contributed by atoms with Crippen LogP contribution in [0.15, 0.2) is 66.7 Å². The van der Waals surface area contributed by atoms with Gasteiger partial charge in [0.2, 0.25) is 0 Å². The van der Waals surface area contributed by atoms with E-state index in [0.717, 1.165) is 27.2 Å². The number of benzene rings is 3. The van der Waals surface area contributed by atoms with E-state index in [2.05, 4.69) is 18.2 Å². The molecule has 0 bridgehead atoms. The van der Waals surface area contributed by atoms with Gasteiger partial charge >= 0.3 is 5.97 Å². The van der Waals surface area contributed by atoms with E-state index in [0.29, 0.717) is 12.3 Å². The normalized spacial score (nSPS) is 11.1. The molecule has 0 radical (unpaired) electrons. The standard InChI is InChI=1S/C21H17NO3/c1-25-20-11-5-10-18-17(20)12-19(21(23)24)22(18)13-15-8-4-7-14-6-2-3-9-16(14)15/h2-12H,13H2,1H3,(H,23,24). The topological polar surface area (TPSA) is 51.5 Å². The van der Waals surface area contributed by atoms with Gasteiger partial charge < -0.3 is 14.4 Å². The Morgan fingerprint density at radius 3 is 2.56 bits per heavy atom. The molecule has 0 spiro atoms. The molecule has 4 nitrogen and oxygen atoms in total. The Bertz CT molecular complexity index is 1090. The van der Waals surface area contributed by atoms with Crippen molar-refractivity contribution in [3.63, 3.8) is 0 Å². The maximum atomic E-state index is 11.8. The summed E-state index contributed by atoms with van der Waals surface area (Å²) in [6.45, 7) is 0.486. The van der Waals surface area contributed by atoms with Crippen LogP contribution in [-0.4, -0.2) is 22.8 Å². The summed E-state index contributed by atoms with van der Waals surface area (Å²) in [5.41, 5.74) is 2.19. The quantitative estimate of drug-likeness (QED) is 0.597. The van der Waals surface area contributed by atoms with Crippen molar-refractivity contribution >= 4 is 27.6 Å². The van der Waals surface area contributed by atoms with Crippen LogP contribution in [0.5, 0.6) is 5.75 Å². The van der Waals surface area contributed by atoms with Crippen molar-refractivity contribution in [1.82, 2.24) is 4.57 Å². The van der Waals surface area contributed by atoms with E-state index >= 15 is 0 Å². The lowest BCUT2D eigenvalue weighted by molar-refractivity contribution is 0.0686. The largest absolute Gasteiger partial charge is 0.496 e. The van der Waals surface area contributed by atoms with Crippen LogP contribution in [0.25, 0.3) is 21.7 Å². The molecule has 0 atom stereocenters. The average Bonchev–Trinajstić information content (AvgIpc) is 3.01. The Morgan fingerprint density at radius 1 is 1.00 bits per heavy atom. The summed E-state index contributed by atoms with van der Waals surface area (Å²) in [5.74, 6) is -0.268. The van der Waals surface area contributed by atoms with Gasteiger partial charge in [-0.1, -0.05) is 48.5 Å². The molecule has 3 aromatic carbocycles. The minimum atomic E-state index is -0.946. The molecule has 0 fully saturated rings. The minimum absolute atomic E-state index is 0.257. The molecular formula is C21H17NO3. The van der Waals surface area contributed by atoms with Crippen LogP contribution in [0, 0.1) is 0 Å². The molecule has 25 heavy (non-hydrogen) atoms. The van der Waals surface area contributed by atoms with Gasteiger partial charge in [-0.25, -0.2) is 4.79 Å². The molecule has 4 aromatic rings. The Kier molecular flexibility index (Phi) is 3.65. The fraction of sp³-hybridized carbons (Fsp3) is 0.0952. The van der Waals surface area contributed by atoms with Gasteiger partial charge in [0.05, 0.1) is 12.6 Å². The van der Waals surface area contributed by atoms with Crippen molar-refractivity contribution in [2.24, 2.45) is 0 Å². The van der Waals surface area contributed by atoms with E-state index in [9.17, 15) is 9.90 Å². The number of ether oxygens (including phenoxy) is 1. The van der Waals surface area contributed by atoms with Crippen LogP contribution in [0.2, 0.25) is 0 Å². The zero-order chi connectivity index (χ0) is 17.4. The molecule has 0 aliphatic carbocycles. The molecule has 124 valence electrons. The second-order valence-corrected chi connectivity index (χ2v) is 5.95.